The first kappa shape index (κ1) is 15.9. The largest absolute Gasteiger partial charge is 0.485 e. The standard InChI is InChI=1S/C19H21N3O3/c23-19(18-14-24-16-5-1-2-6-17(16)25-18)22-10-8-21(9-11-22)13-15-4-3-7-20-12-15/h1-7,12,18H,8-11,13-14H2/t18-/m1/s1. The lowest BCUT2D eigenvalue weighted by atomic mass is 10.2. The number of nitrogens with zero attached hydrogens (tertiary/aromatic N) is 3. The average Bonchev–Trinajstić information content (AvgIpc) is 2.68. The molecule has 6 nitrogen and oxygen atoms in total. The lowest BCUT2D eigenvalue weighted by molar-refractivity contribution is -0.143. The van der Waals surface area contributed by atoms with Gasteiger partial charge in [0.2, 0.25) is 6.10 Å². The summed E-state index contributed by atoms with van der Waals surface area (Å²) in [5.74, 6) is 1.35. The van der Waals surface area contributed by atoms with Crippen molar-refractivity contribution in [3.05, 3.63) is 54.4 Å². The van der Waals surface area contributed by atoms with Crippen LogP contribution in [-0.4, -0.2) is 59.6 Å². The molecule has 0 unspecified atom stereocenters. The Labute approximate surface area is 147 Å². The summed E-state index contributed by atoms with van der Waals surface area (Å²) in [6.07, 6.45) is 3.12. The van der Waals surface area contributed by atoms with E-state index in [4.69, 9.17) is 9.47 Å². The molecule has 4 rings (SSSR count). The van der Waals surface area contributed by atoms with Gasteiger partial charge in [0.1, 0.15) is 6.61 Å². The fourth-order valence-corrected chi connectivity index (χ4v) is 3.22. The molecule has 2 aromatic rings. The fraction of sp³-hybridized carbons (Fsp3) is 0.368. The summed E-state index contributed by atoms with van der Waals surface area (Å²) < 4.78 is 11.5. The molecule has 1 atom stereocenters. The Bertz CT molecular complexity index is 730. The molecule has 3 heterocycles. The fourth-order valence-electron chi connectivity index (χ4n) is 3.22. The second-order valence-electron chi connectivity index (χ2n) is 6.33. The van der Waals surface area contributed by atoms with Crippen molar-refractivity contribution in [3.8, 4) is 11.5 Å². The zero-order valence-electron chi connectivity index (χ0n) is 14.0. The van der Waals surface area contributed by atoms with Gasteiger partial charge in [-0.05, 0) is 23.8 Å². The number of fused-ring (bicyclic) bond motifs is 1. The van der Waals surface area contributed by atoms with E-state index in [1.807, 2.05) is 41.4 Å². The molecule has 1 amide bonds. The molecule has 1 aromatic heterocycles. The van der Waals surface area contributed by atoms with Crippen molar-refractivity contribution in [1.82, 2.24) is 14.8 Å². The van der Waals surface area contributed by atoms with Crippen molar-refractivity contribution >= 4 is 5.91 Å². The number of para-hydroxylation sites is 2. The maximum absolute atomic E-state index is 12.7. The van der Waals surface area contributed by atoms with Crippen molar-refractivity contribution in [2.75, 3.05) is 32.8 Å². The number of hydrogen-bond donors (Lipinski definition) is 0. The highest BCUT2D eigenvalue weighted by molar-refractivity contribution is 5.82. The zero-order chi connectivity index (χ0) is 17.1. The Hall–Kier alpha value is -2.60. The molecule has 1 aromatic carbocycles. The van der Waals surface area contributed by atoms with Crippen LogP contribution in [0.5, 0.6) is 11.5 Å². The Morgan fingerprint density at radius 1 is 1.08 bits per heavy atom. The van der Waals surface area contributed by atoms with Crippen molar-refractivity contribution in [2.45, 2.75) is 12.6 Å². The van der Waals surface area contributed by atoms with E-state index in [1.165, 1.54) is 5.56 Å². The number of carbonyl (C=O) groups is 1. The topological polar surface area (TPSA) is 54.9 Å². The van der Waals surface area contributed by atoms with Crippen LogP contribution in [0, 0.1) is 0 Å². The predicted molar refractivity (Wildman–Crippen MR) is 92.4 cm³/mol. The molecule has 2 aliphatic rings. The van der Waals surface area contributed by atoms with Gasteiger partial charge in [0.15, 0.2) is 11.5 Å². The minimum atomic E-state index is -0.556. The van der Waals surface area contributed by atoms with E-state index in [0.717, 1.165) is 19.6 Å². The highest BCUT2D eigenvalue weighted by Crippen LogP contribution is 2.31. The first-order valence-corrected chi connectivity index (χ1v) is 8.58. The third-order valence-electron chi connectivity index (χ3n) is 4.60. The molecular weight excluding hydrogens is 318 g/mol. The summed E-state index contributed by atoms with van der Waals surface area (Å²) in [5.41, 5.74) is 1.20. The van der Waals surface area contributed by atoms with Crippen molar-refractivity contribution in [1.29, 1.82) is 0 Å². The van der Waals surface area contributed by atoms with E-state index in [9.17, 15) is 4.79 Å². The number of pyridine rings is 1. The summed E-state index contributed by atoms with van der Waals surface area (Å²) in [7, 11) is 0. The molecule has 0 aliphatic carbocycles. The number of hydrogen-bond acceptors (Lipinski definition) is 5. The SMILES string of the molecule is O=C([C@H]1COc2ccccc2O1)N1CCN(Cc2cccnc2)CC1. The van der Waals surface area contributed by atoms with Crippen molar-refractivity contribution in [2.24, 2.45) is 0 Å². The number of aromatic nitrogens is 1. The van der Waals surface area contributed by atoms with E-state index >= 15 is 0 Å². The Kier molecular flexibility index (Phi) is 4.52. The van der Waals surface area contributed by atoms with Crippen LogP contribution in [0.15, 0.2) is 48.8 Å². The van der Waals surface area contributed by atoms with Crippen LogP contribution in [0.4, 0.5) is 0 Å². The van der Waals surface area contributed by atoms with E-state index in [0.29, 0.717) is 24.6 Å². The second kappa shape index (κ2) is 7.11. The van der Waals surface area contributed by atoms with E-state index in [-0.39, 0.29) is 12.5 Å². The molecule has 0 spiro atoms. The lowest BCUT2D eigenvalue weighted by Gasteiger charge is -2.37. The summed E-state index contributed by atoms with van der Waals surface area (Å²) in [6.45, 7) is 4.26. The van der Waals surface area contributed by atoms with Crippen molar-refractivity contribution < 1.29 is 14.3 Å². The molecule has 130 valence electrons. The molecule has 0 saturated carbocycles. The second-order valence-corrected chi connectivity index (χ2v) is 6.33. The molecule has 2 aliphatic heterocycles. The first-order valence-electron chi connectivity index (χ1n) is 8.58. The third-order valence-corrected chi connectivity index (χ3v) is 4.60. The van der Waals surface area contributed by atoms with Gasteiger partial charge in [-0.15, -0.1) is 0 Å². The van der Waals surface area contributed by atoms with Gasteiger partial charge < -0.3 is 14.4 Å². The quantitative estimate of drug-likeness (QED) is 0.850. The van der Waals surface area contributed by atoms with Crippen LogP contribution in [-0.2, 0) is 11.3 Å². The van der Waals surface area contributed by atoms with E-state index in [2.05, 4.69) is 16.0 Å². The Morgan fingerprint density at radius 2 is 1.88 bits per heavy atom. The van der Waals surface area contributed by atoms with Crippen LogP contribution in [0.1, 0.15) is 5.56 Å². The van der Waals surface area contributed by atoms with Gasteiger partial charge >= 0.3 is 0 Å². The van der Waals surface area contributed by atoms with Crippen molar-refractivity contribution in [3.63, 3.8) is 0 Å². The Morgan fingerprint density at radius 3 is 2.64 bits per heavy atom. The lowest BCUT2D eigenvalue weighted by Crippen LogP contribution is -2.53. The molecule has 1 saturated heterocycles. The number of ether oxygens (including phenoxy) is 2. The van der Waals surface area contributed by atoms with Gasteiger partial charge in [0.05, 0.1) is 0 Å². The highest BCUT2D eigenvalue weighted by Gasteiger charge is 2.32. The minimum Gasteiger partial charge on any atom is -0.485 e. The zero-order valence-corrected chi connectivity index (χ0v) is 14.0. The van der Waals surface area contributed by atoms with Gasteiger partial charge in [0, 0.05) is 45.1 Å². The summed E-state index contributed by atoms with van der Waals surface area (Å²) >= 11 is 0. The van der Waals surface area contributed by atoms with Crippen LogP contribution >= 0.6 is 0 Å². The number of rotatable bonds is 3. The number of carbonyl (C=O) groups excluding carboxylic acids is 1. The monoisotopic (exact) mass is 339 g/mol. The number of benzene rings is 1. The van der Waals surface area contributed by atoms with Gasteiger partial charge in [0.25, 0.3) is 5.91 Å². The summed E-state index contributed by atoms with van der Waals surface area (Å²) in [4.78, 5) is 21.1. The Balaban J connectivity index is 1.31. The first-order chi connectivity index (χ1) is 12.3. The average molecular weight is 339 g/mol. The molecule has 0 N–H and O–H groups in total. The van der Waals surface area contributed by atoms with Gasteiger partial charge in [-0.1, -0.05) is 18.2 Å². The number of piperazine rings is 1. The minimum absolute atomic E-state index is 0.00975. The van der Waals surface area contributed by atoms with Crippen LogP contribution < -0.4 is 9.47 Å². The smallest absolute Gasteiger partial charge is 0.267 e. The molecule has 0 bridgehead atoms. The molecule has 1 fully saturated rings. The van der Waals surface area contributed by atoms with Crippen LogP contribution in [0.3, 0.4) is 0 Å². The van der Waals surface area contributed by atoms with Gasteiger partial charge in [-0.2, -0.15) is 0 Å². The molecule has 25 heavy (non-hydrogen) atoms. The summed E-state index contributed by atoms with van der Waals surface area (Å²) in [6, 6.07) is 11.5. The van der Waals surface area contributed by atoms with Crippen LogP contribution in [0.25, 0.3) is 0 Å². The van der Waals surface area contributed by atoms with Gasteiger partial charge in [-0.3, -0.25) is 14.7 Å². The van der Waals surface area contributed by atoms with E-state index < -0.39 is 6.10 Å². The maximum atomic E-state index is 12.7. The normalized spacial score (nSPS) is 20.3. The molecular formula is C19H21N3O3. The van der Waals surface area contributed by atoms with Crippen LogP contribution in [0.2, 0.25) is 0 Å². The molecule has 6 heteroatoms. The molecule has 0 radical (unpaired) electrons. The van der Waals surface area contributed by atoms with E-state index in [1.54, 1.807) is 6.20 Å². The van der Waals surface area contributed by atoms with Gasteiger partial charge in [-0.25, -0.2) is 0 Å². The summed E-state index contributed by atoms with van der Waals surface area (Å²) in [5, 5.41) is 0. The predicted octanol–water partition coefficient (Wildman–Crippen LogP) is 1.57. The third kappa shape index (κ3) is 3.58. The highest BCUT2D eigenvalue weighted by atomic mass is 16.6. The maximum Gasteiger partial charge on any atom is 0.267 e. The number of amides is 1.